The van der Waals surface area contributed by atoms with E-state index in [1.54, 1.807) is 20.3 Å². The molecule has 2 bridgehead atoms. The Morgan fingerprint density at radius 1 is 1.09 bits per heavy atom. The summed E-state index contributed by atoms with van der Waals surface area (Å²) < 4.78 is 45.2. The molecule has 0 radical (unpaired) electrons. The lowest BCUT2D eigenvalue weighted by atomic mass is 9.63. The number of nitrogens with zero attached hydrogens (tertiary/aromatic N) is 2. The summed E-state index contributed by atoms with van der Waals surface area (Å²) >= 11 is 0. The number of hydrogen-bond donors (Lipinski definition) is 1. The van der Waals surface area contributed by atoms with E-state index in [0.29, 0.717) is 35.4 Å². The van der Waals surface area contributed by atoms with Gasteiger partial charge in [0.2, 0.25) is 0 Å². The molecule has 1 N–H and O–H groups in total. The highest BCUT2D eigenvalue weighted by Gasteiger charge is 2.55. The van der Waals surface area contributed by atoms with Gasteiger partial charge in [-0.15, -0.1) is 0 Å². The fourth-order valence-electron chi connectivity index (χ4n) is 6.12. The molecule has 0 unspecified atom stereocenters. The first-order valence-corrected chi connectivity index (χ1v) is 11.7. The van der Waals surface area contributed by atoms with E-state index < -0.39 is 11.6 Å². The predicted molar refractivity (Wildman–Crippen MR) is 124 cm³/mol. The zero-order valence-electron chi connectivity index (χ0n) is 19.2. The number of amidine groups is 1. The van der Waals surface area contributed by atoms with E-state index in [1.807, 2.05) is 18.2 Å². The van der Waals surface area contributed by atoms with Crippen LogP contribution < -0.4 is 14.9 Å². The van der Waals surface area contributed by atoms with E-state index in [1.165, 1.54) is 18.9 Å². The molecule has 6 nitrogen and oxygen atoms in total. The van der Waals surface area contributed by atoms with Gasteiger partial charge in [-0.25, -0.2) is 8.78 Å². The summed E-state index contributed by atoms with van der Waals surface area (Å²) in [4.78, 5) is 2.25. The molecule has 2 heterocycles. The minimum atomic E-state index is -0.720. The Bertz CT molecular complexity index is 1280. The van der Waals surface area contributed by atoms with Crippen molar-refractivity contribution in [3.05, 3.63) is 59.4 Å². The molecule has 1 atom stereocenters. The predicted octanol–water partition coefficient (Wildman–Crippen LogP) is 5.40. The molecule has 1 aliphatic heterocycles. The van der Waals surface area contributed by atoms with Crippen LogP contribution in [0.25, 0.3) is 11.0 Å². The Morgan fingerprint density at radius 2 is 1.91 bits per heavy atom. The molecule has 1 spiro atoms. The van der Waals surface area contributed by atoms with Crippen LogP contribution in [-0.4, -0.2) is 30.6 Å². The van der Waals surface area contributed by atoms with Crippen molar-refractivity contribution in [2.75, 3.05) is 14.2 Å². The molecule has 2 aromatic carbocycles. The van der Waals surface area contributed by atoms with Gasteiger partial charge in [0.1, 0.15) is 23.0 Å². The number of halogens is 2. The average Bonchev–Trinajstić information content (AvgIpc) is 3.42. The SMILES string of the molecule is COc1ccc(CN2C(c3cc4cc(F)cc(F)c4o3)=NN[C@@]23CC2CCC3CC2)c(OC)c1. The van der Waals surface area contributed by atoms with E-state index in [2.05, 4.69) is 10.3 Å². The standard InChI is InChI=1S/C26H27F2N3O3/c1-32-20-8-5-16(22(12-20)33-2)14-31-25(23-10-17-9-19(27)11-21(28)24(17)34-23)29-30-26(31)13-15-3-6-18(26)7-4-15/h5,8-12,15,18,30H,3-4,6-7,13-14H2,1-2H3/t15?,18?,26-/m0/s1. The third-order valence-electron chi connectivity index (χ3n) is 7.79. The molecule has 3 fully saturated rings. The van der Waals surface area contributed by atoms with Crippen molar-refractivity contribution in [3.63, 3.8) is 0 Å². The molecule has 7 rings (SSSR count). The van der Waals surface area contributed by atoms with Crippen LogP contribution in [-0.2, 0) is 6.54 Å². The number of ether oxygens (including phenoxy) is 2. The van der Waals surface area contributed by atoms with Crippen LogP contribution in [0.2, 0.25) is 0 Å². The first-order chi connectivity index (χ1) is 16.5. The van der Waals surface area contributed by atoms with Crippen molar-refractivity contribution in [1.82, 2.24) is 10.3 Å². The van der Waals surface area contributed by atoms with Gasteiger partial charge in [-0.3, -0.25) is 5.43 Å². The van der Waals surface area contributed by atoms with Crippen molar-refractivity contribution in [3.8, 4) is 11.5 Å². The highest BCUT2D eigenvalue weighted by Crippen LogP contribution is 2.51. The Kier molecular flexibility index (Phi) is 4.93. The van der Waals surface area contributed by atoms with Crippen molar-refractivity contribution in [1.29, 1.82) is 0 Å². The van der Waals surface area contributed by atoms with E-state index >= 15 is 0 Å². The number of benzene rings is 2. The molecule has 178 valence electrons. The van der Waals surface area contributed by atoms with Gasteiger partial charge in [0.15, 0.2) is 23.0 Å². The maximum atomic E-state index is 14.4. The second kappa shape index (κ2) is 7.89. The molecule has 34 heavy (non-hydrogen) atoms. The zero-order valence-corrected chi connectivity index (χ0v) is 19.2. The molecule has 4 aliphatic rings. The minimum absolute atomic E-state index is 0.0344. The van der Waals surface area contributed by atoms with E-state index in [4.69, 9.17) is 19.0 Å². The molecule has 0 amide bonds. The van der Waals surface area contributed by atoms with Crippen LogP contribution in [0.15, 0.2) is 45.9 Å². The van der Waals surface area contributed by atoms with Gasteiger partial charge in [0.25, 0.3) is 0 Å². The van der Waals surface area contributed by atoms with E-state index in [-0.39, 0.29) is 11.2 Å². The number of nitrogens with one attached hydrogen (secondary N) is 1. The molecular weight excluding hydrogens is 440 g/mol. The molecular formula is C26H27F2N3O3. The lowest BCUT2D eigenvalue weighted by Gasteiger charge is -2.53. The highest BCUT2D eigenvalue weighted by molar-refractivity contribution is 6.01. The molecule has 3 aliphatic carbocycles. The van der Waals surface area contributed by atoms with Gasteiger partial charge >= 0.3 is 0 Å². The monoisotopic (exact) mass is 467 g/mol. The molecule has 1 aromatic heterocycles. The minimum Gasteiger partial charge on any atom is -0.497 e. The number of methoxy groups -OCH3 is 2. The summed E-state index contributed by atoms with van der Waals surface area (Å²) in [6.45, 7) is 0.524. The van der Waals surface area contributed by atoms with Crippen LogP contribution in [0.1, 0.15) is 43.4 Å². The highest BCUT2D eigenvalue weighted by atomic mass is 19.1. The number of hydrazone groups is 1. The third-order valence-corrected chi connectivity index (χ3v) is 7.79. The summed E-state index contributed by atoms with van der Waals surface area (Å²) in [6, 6.07) is 9.57. The lowest BCUT2D eigenvalue weighted by molar-refractivity contribution is -0.0336. The van der Waals surface area contributed by atoms with Crippen LogP contribution in [0.4, 0.5) is 8.78 Å². The summed E-state index contributed by atoms with van der Waals surface area (Å²) in [5.74, 6) is 2.16. The normalized spacial score (nSPS) is 25.6. The van der Waals surface area contributed by atoms with Crippen molar-refractivity contribution in [2.24, 2.45) is 16.9 Å². The van der Waals surface area contributed by atoms with Crippen LogP contribution in [0.3, 0.4) is 0 Å². The second-order valence-corrected chi connectivity index (χ2v) is 9.57. The number of rotatable bonds is 5. The molecule has 8 heteroatoms. The van der Waals surface area contributed by atoms with Gasteiger partial charge in [-0.05, 0) is 62.3 Å². The van der Waals surface area contributed by atoms with Crippen molar-refractivity contribution >= 4 is 16.8 Å². The fourth-order valence-corrected chi connectivity index (χ4v) is 6.12. The van der Waals surface area contributed by atoms with E-state index in [0.717, 1.165) is 42.4 Å². The van der Waals surface area contributed by atoms with Crippen molar-refractivity contribution in [2.45, 2.75) is 44.3 Å². The average molecular weight is 468 g/mol. The summed E-state index contributed by atoms with van der Waals surface area (Å²) in [5, 5.41) is 5.11. The molecule has 0 saturated heterocycles. The Hall–Kier alpha value is -3.29. The van der Waals surface area contributed by atoms with Gasteiger partial charge in [0, 0.05) is 29.0 Å². The zero-order chi connectivity index (χ0) is 23.4. The topological polar surface area (TPSA) is 59.2 Å². The smallest absolute Gasteiger partial charge is 0.193 e. The van der Waals surface area contributed by atoms with E-state index in [9.17, 15) is 8.78 Å². The number of fused-ring (bicyclic) bond motifs is 3. The van der Waals surface area contributed by atoms with Crippen LogP contribution in [0, 0.1) is 23.5 Å². The Morgan fingerprint density at radius 3 is 2.62 bits per heavy atom. The lowest BCUT2D eigenvalue weighted by Crippen LogP contribution is -2.63. The summed E-state index contributed by atoms with van der Waals surface area (Å²) in [5.41, 5.74) is 4.15. The second-order valence-electron chi connectivity index (χ2n) is 9.57. The molecule has 3 aromatic rings. The Labute approximate surface area is 196 Å². The van der Waals surface area contributed by atoms with Gasteiger partial charge in [-0.1, -0.05) is 0 Å². The van der Waals surface area contributed by atoms with Crippen molar-refractivity contribution < 1.29 is 22.7 Å². The maximum absolute atomic E-state index is 14.4. The van der Waals surface area contributed by atoms with Crippen LogP contribution >= 0.6 is 0 Å². The number of furan rings is 1. The fraction of sp³-hybridized carbons (Fsp3) is 0.423. The molecule has 3 saturated carbocycles. The van der Waals surface area contributed by atoms with Gasteiger partial charge in [0.05, 0.1) is 20.8 Å². The summed E-state index contributed by atoms with van der Waals surface area (Å²) in [7, 11) is 3.27. The van der Waals surface area contributed by atoms with Gasteiger partial charge in [-0.2, -0.15) is 5.10 Å². The first-order valence-electron chi connectivity index (χ1n) is 11.7. The quantitative estimate of drug-likeness (QED) is 0.544. The maximum Gasteiger partial charge on any atom is 0.193 e. The number of hydrogen-bond acceptors (Lipinski definition) is 6. The van der Waals surface area contributed by atoms with Crippen LogP contribution in [0.5, 0.6) is 11.5 Å². The Balaban J connectivity index is 1.44. The first kappa shape index (κ1) is 21.3. The van der Waals surface area contributed by atoms with Gasteiger partial charge < -0.3 is 18.8 Å². The summed E-state index contributed by atoms with van der Waals surface area (Å²) in [6.07, 6.45) is 5.72. The third kappa shape index (κ3) is 3.22. The largest absolute Gasteiger partial charge is 0.497 e.